The van der Waals surface area contributed by atoms with E-state index in [1.54, 1.807) is 24.8 Å². The molecule has 29 heavy (non-hydrogen) atoms. The largest absolute Gasteiger partial charge is 0.334 e. The standard InChI is InChI=1S/C21H15B2FN4O/c1-28-12-25-11-18(28)13-2-3-14-10-26-19(9-15(14)8-13)27-20(29)21(22,23)16-4-6-17(24)7-5-16/h2-12H,1H3,(H,26,27,29). The Morgan fingerprint density at radius 3 is 2.52 bits per heavy atom. The van der Waals surface area contributed by atoms with Crippen LogP contribution >= 0.6 is 0 Å². The van der Waals surface area contributed by atoms with Crippen LogP contribution in [0.25, 0.3) is 22.0 Å². The average Bonchev–Trinajstić information content (AvgIpc) is 3.13. The van der Waals surface area contributed by atoms with Gasteiger partial charge in [0.1, 0.15) is 11.6 Å². The summed E-state index contributed by atoms with van der Waals surface area (Å²) in [5, 5.41) is 2.61. The van der Waals surface area contributed by atoms with Crippen molar-refractivity contribution in [2.75, 3.05) is 5.32 Å². The van der Waals surface area contributed by atoms with Crippen LogP contribution in [-0.4, -0.2) is 36.1 Å². The number of hydrogen-bond acceptors (Lipinski definition) is 3. The van der Waals surface area contributed by atoms with E-state index in [0.717, 1.165) is 22.0 Å². The summed E-state index contributed by atoms with van der Waals surface area (Å²) in [4.78, 5) is 21.0. The lowest BCUT2D eigenvalue weighted by atomic mass is 9.50. The number of fused-ring (bicyclic) bond motifs is 1. The molecule has 0 aliphatic heterocycles. The molecule has 138 valence electrons. The van der Waals surface area contributed by atoms with Gasteiger partial charge < -0.3 is 9.88 Å². The number of anilines is 1. The molecule has 2 heterocycles. The van der Waals surface area contributed by atoms with Crippen molar-refractivity contribution >= 4 is 38.2 Å². The van der Waals surface area contributed by atoms with Gasteiger partial charge in [-0.25, -0.2) is 14.4 Å². The van der Waals surface area contributed by atoms with E-state index in [1.807, 2.05) is 29.8 Å². The zero-order valence-electron chi connectivity index (χ0n) is 15.6. The van der Waals surface area contributed by atoms with E-state index in [9.17, 15) is 9.18 Å². The van der Waals surface area contributed by atoms with Crippen LogP contribution < -0.4 is 5.32 Å². The molecule has 4 radical (unpaired) electrons. The van der Waals surface area contributed by atoms with Crippen LogP contribution in [0.5, 0.6) is 0 Å². The minimum atomic E-state index is -1.83. The first-order valence-corrected chi connectivity index (χ1v) is 8.86. The molecule has 1 amide bonds. The Balaban J connectivity index is 1.63. The fraction of sp³-hybridized carbons (Fsp3) is 0.0952. The van der Waals surface area contributed by atoms with Gasteiger partial charge >= 0.3 is 0 Å². The van der Waals surface area contributed by atoms with E-state index in [2.05, 4.69) is 15.3 Å². The van der Waals surface area contributed by atoms with E-state index < -0.39 is 16.9 Å². The molecule has 0 saturated heterocycles. The molecule has 8 heteroatoms. The Bertz CT molecular complexity index is 1210. The summed E-state index contributed by atoms with van der Waals surface area (Å²) < 4.78 is 15.1. The van der Waals surface area contributed by atoms with Gasteiger partial charge in [0.05, 0.1) is 33.9 Å². The van der Waals surface area contributed by atoms with E-state index in [0.29, 0.717) is 5.82 Å². The molecule has 0 fully saturated rings. The van der Waals surface area contributed by atoms with Crippen LogP contribution in [0.1, 0.15) is 5.56 Å². The predicted molar refractivity (Wildman–Crippen MR) is 112 cm³/mol. The van der Waals surface area contributed by atoms with Gasteiger partial charge in [-0.15, -0.1) is 0 Å². The first kappa shape index (κ1) is 18.9. The van der Waals surface area contributed by atoms with Gasteiger partial charge in [-0.1, -0.05) is 24.3 Å². The SMILES string of the molecule is [B]C([B])(C(=O)Nc1cc2cc(-c3cncn3C)ccc2cn1)c1ccc(F)cc1. The zero-order chi connectivity index (χ0) is 20.6. The third-order valence-corrected chi connectivity index (χ3v) is 4.77. The second-order valence-electron chi connectivity index (χ2n) is 6.85. The van der Waals surface area contributed by atoms with Gasteiger partial charge in [0.15, 0.2) is 0 Å². The van der Waals surface area contributed by atoms with Crippen LogP contribution in [0.15, 0.2) is 67.3 Å². The van der Waals surface area contributed by atoms with Gasteiger partial charge in [-0.05, 0) is 40.4 Å². The Kier molecular flexibility index (Phi) is 4.70. The summed E-state index contributed by atoms with van der Waals surface area (Å²) in [6, 6.07) is 12.8. The van der Waals surface area contributed by atoms with Crippen molar-refractivity contribution < 1.29 is 9.18 Å². The Hall–Kier alpha value is -3.41. The Labute approximate surface area is 169 Å². The third-order valence-electron chi connectivity index (χ3n) is 4.77. The number of benzene rings is 2. The van der Waals surface area contributed by atoms with Crippen LogP contribution in [0.3, 0.4) is 0 Å². The number of aryl methyl sites for hydroxylation is 1. The summed E-state index contributed by atoms with van der Waals surface area (Å²) in [7, 11) is 13.9. The van der Waals surface area contributed by atoms with E-state index in [1.165, 1.54) is 24.3 Å². The molecule has 0 spiro atoms. The molecule has 0 aliphatic carbocycles. The molecule has 2 aromatic carbocycles. The molecule has 4 aromatic rings. The molecule has 1 N–H and O–H groups in total. The van der Waals surface area contributed by atoms with Crippen molar-refractivity contribution in [3.8, 4) is 11.3 Å². The molecule has 0 aliphatic rings. The van der Waals surface area contributed by atoms with Crippen molar-refractivity contribution in [1.29, 1.82) is 0 Å². The fourth-order valence-electron chi connectivity index (χ4n) is 3.08. The molecule has 2 aromatic heterocycles. The highest BCUT2D eigenvalue weighted by atomic mass is 19.1. The number of pyridine rings is 1. The molecule has 4 rings (SSSR count). The Morgan fingerprint density at radius 1 is 1.07 bits per heavy atom. The number of halogens is 1. The molecule has 5 nitrogen and oxygen atoms in total. The highest BCUT2D eigenvalue weighted by Gasteiger charge is 2.29. The van der Waals surface area contributed by atoms with Crippen LogP contribution in [0.2, 0.25) is 0 Å². The van der Waals surface area contributed by atoms with Crippen molar-refractivity contribution in [3.63, 3.8) is 0 Å². The third kappa shape index (κ3) is 3.66. The number of aromatic nitrogens is 3. The number of nitrogens with zero attached hydrogens (tertiary/aromatic N) is 3. The molecule has 0 unspecified atom stereocenters. The number of carbonyl (C=O) groups excluding carboxylic acids is 1. The second kappa shape index (κ2) is 7.20. The minimum Gasteiger partial charge on any atom is -0.334 e. The topological polar surface area (TPSA) is 59.8 Å². The normalized spacial score (nSPS) is 11.5. The van der Waals surface area contributed by atoms with Gasteiger partial charge in [-0.3, -0.25) is 4.79 Å². The highest BCUT2D eigenvalue weighted by molar-refractivity contribution is 6.52. The van der Waals surface area contributed by atoms with Crippen molar-refractivity contribution in [3.05, 3.63) is 78.6 Å². The first-order valence-electron chi connectivity index (χ1n) is 8.86. The van der Waals surface area contributed by atoms with Crippen LogP contribution in [0, 0.1) is 5.82 Å². The number of amides is 1. The quantitative estimate of drug-likeness (QED) is 0.554. The van der Waals surface area contributed by atoms with Crippen LogP contribution in [-0.2, 0) is 17.1 Å². The molecular weight excluding hydrogens is 365 g/mol. The summed E-state index contributed by atoms with van der Waals surface area (Å²) in [6.07, 6.45) is 5.17. The number of rotatable bonds is 4. The van der Waals surface area contributed by atoms with E-state index in [4.69, 9.17) is 15.7 Å². The van der Waals surface area contributed by atoms with Gasteiger partial charge in [-0.2, -0.15) is 0 Å². The lowest BCUT2D eigenvalue weighted by Crippen LogP contribution is -2.41. The molecule has 0 atom stereocenters. The molecule has 0 bridgehead atoms. The summed E-state index contributed by atoms with van der Waals surface area (Å²) in [5.41, 5.74) is 2.24. The average molecular weight is 380 g/mol. The van der Waals surface area contributed by atoms with Crippen LogP contribution in [0.4, 0.5) is 10.2 Å². The summed E-state index contributed by atoms with van der Waals surface area (Å²) >= 11 is 0. The molecular formula is C21H15B2FN4O. The number of imidazole rings is 1. The van der Waals surface area contributed by atoms with Crippen molar-refractivity contribution in [2.24, 2.45) is 7.05 Å². The Morgan fingerprint density at radius 2 is 1.83 bits per heavy atom. The number of nitrogens with one attached hydrogen (secondary N) is 1. The lowest BCUT2D eigenvalue weighted by molar-refractivity contribution is -0.117. The zero-order valence-corrected chi connectivity index (χ0v) is 15.6. The first-order chi connectivity index (χ1) is 13.8. The predicted octanol–water partition coefficient (Wildman–Crippen LogP) is 2.90. The second-order valence-corrected chi connectivity index (χ2v) is 6.85. The lowest BCUT2D eigenvalue weighted by Gasteiger charge is -2.25. The maximum absolute atomic E-state index is 13.1. The maximum atomic E-state index is 13.1. The maximum Gasteiger partial charge on any atom is 0.218 e. The molecule has 0 saturated carbocycles. The van der Waals surface area contributed by atoms with Crippen molar-refractivity contribution in [1.82, 2.24) is 14.5 Å². The number of hydrogen-bond donors (Lipinski definition) is 1. The van der Waals surface area contributed by atoms with Gasteiger partial charge in [0, 0.05) is 24.2 Å². The summed E-state index contributed by atoms with van der Waals surface area (Å²) in [5.74, 6) is -0.781. The fourth-order valence-corrected chi connectivity index (χ4v) is 3.08. The van der Waals surface area contributed by atoms with Crippen molar-refractivity contribution in [2.45, 2.75) is 5.21 Å². The highest BCUT2D eigenvalue weighted by Crippen LogP contribution is 2.26. The van der Waals surface area contributed by atoms with E-state index >= 15 is 0 Å². The monoisotopic (exact) mass is 380 g/mol. The smallest absolute Gasteiger partial charge is 0.218 e. The summed E-state index contributed by atoms with van der Waals surface area (Å²) in [6.45, 7) is 0. The minimum absolute atomic E-state index is 0.288. The van der Waals surface area contributed by atoms with E-state index in [-0.39, 0.29) is 5.56 Å². The van der Waals surface area contributed by atoms with Gasteiger partial charge in [0.2, 0.25) is 5.91 Å². The number of carbonyl (C=O) groups is 1. The van der Waals surface area contributed by atoms with Gasteiger partial charge in [0.25, 0.3) is 0 Å².